The van der Waals surface area contributed by atoms with Crippen molar-refractivity contribution in [3.05, 3.63) is 24.3 Å². The van der Waals surface area contributed by atoms with Crippen LogP contribution in [0.1, 0.15) is 26.2 Å². The second-order valence-corrected chi connectivity index (χ2v) is 7.94. The second kappa shape index (κ2) is 6.15. The summed E-state index contributed by atoms with van der Waals surface area (Å²) >= 11 is 2.02. The van der Waals surface area contributed by atoms with E-state index in [1.54, 1.807) is 24.3 Å². The maximum absolute atomic E-state index is 11.2. The minimum atomic E-state index is -3.59. The number of benzene rings is 1. The van der Waals surface area contributed by atoms with Crippen LogP contribution in [-0.2, 0) is 10.0 Å². The molecule has 2 atom stereocenters. The first-order chi connectivity index (χ1) is 8.99. The van der Waals surface area contributed by atoms with E-state index < -0.39 is 10.0 Å². The average Bonchev–Trinajstić information content (AvgIpc) is 2.77. The van der Waals surface area contributed by atoms with Crippen molar-refractivity contribution in [3.8, 4) is 0 Å². The van der Waals surface area contributed by atoms with Crippen molar-refractivity contribution in [2.45, 2.75) is 42.4 Å². The van der Waals surface area contributed by atoms with Gasteiger partial charge in [0.25, 0.3) is 0 Å². The maximum atomic E-state index is 11.2. The van der Waals surface area contributed by atoms with Gasteiger partial charge in [-0.25, -0.2) is 13.6 Å². The first-order valence-corrected chi connectivity index (χ1v) is 9.09. The van der Waals surface area contributed by atoms with Crippen molar-refractivity contribution in [3.63, 3.8) is 0 Å². The van der Waals surface area contributed by atoms with Crippen LogP contribution in [-0.4, -0.2) is 25.5 Å². The molecule has 1 aromatic rings. The number of sulfonamides is 1. The van der Waals surface area contributed by atoms with Crippen molar-refractivity contribution in [1.82, 2.24) is 0 Å². The molecule has 0 aliphatic heterocycles. The molecule has 0 saturated heterocycles. The van der Waals surface area contributed by atoms with Crippen LogP contribution in [0.4, 0.5) is 5.69 Å². The summed E-state index contributed by atoms with van der Waals surface area (Å²) in [7, 11) is -3.59. The van der Waals surface area contributed by atoms with Crippen molar-refractivity contribution in [1.29, 1.82) is 0 Å². The molecule has 1 aliphatic carbocycles. The molecule has 106 valence electrons. The Kier molecular flexibility index (Phi) is 4.76. The van der Waals surface area contributed by atoms with Gasteiger partial charge in [-0.05, 0) is 49.3 Å². The summed E-state index contributed by atoms with van der Waals surface area (Å²) in [6, 6.07) is 7.14. The monoisotopic (exact) mass is 300 g/mol. The SMILES string of the molecule is CCSC1CCC(Nc2ccc(S(N)(=O)=O)cc2)C1. The molecule has 0 aromatic heterocycles. The zero-order valence-corrected chi connectivity index (χ0v) is 12.6. The minimum absolute atomic E-state index is 0.156. The topological polar surface area (TPSA) is 72.2 Å². The molecule has 3 N–H and O–H groups in total. The third-order valence-corrected chi connectivity index (χ3v) is 5.50. The van der Waals surface area contributed by atoms with Gasteiger partial charge in [-0.1, -0.05) is 6.92 Å². The van der Waals surface area contributed by atoms with Gasteiger partial charge in [0.15, 0.2) is 0 Å². The van der Waals surface area contributed by atoms with Gasteiger partial charge in [0.05, 0.1) is 4.90 Å². The Hall–Kier alpha value is -0.720. The number of thioether (sulfide) groups is 1. The zero-order valence-electron chi connectivity index (χ0n) is 11.0. The lowest BCUT2D eigenvalue weighted by Crippen LogP contribution is -2.16. The summed E-state index contributed by atoms with van der Waals surface area (Å²) in [6.45, 7) is 2.19. The molecule has 1 aliphatic rings. The first kappa shape index (κ1) is 14.7. The van der Waals surface area contributed by atoms with E-state index in [0.717, 1.165) is 10.9 Å². The Morgan fingerprint density at radius 1 is 1.32 bits per heavy atom. The van der Waals surface area contributed by atoms with Gasteiger partial charge in [-0.2, -0.15) is 11.8 Å². The van der Waals surface area contributed by atoms with E-state index in [-0.39, 0.29) is 4.90 Å². The lowest BCUT2D eigenvalue weighted by atomic mass is 10.2. The molecular formula is C13H20N2O2S2. The van der Waals surface area contributed by atoms with Gasteiger partial charge in [-0.15, -0.1) is 0 Å². The lowest BCUT2D eigenvalue weighted by Gasteiger charge is -2.14. The Balaban J connectivity index is 1.94. The van der Waals surface area contributed by atoms with Gasteiger partial charge >= 0.3 is 0 Å². The molecule has 1 fully saturated rings. The van der Waals surface area contributed by atoms with Crippen LogP contribution in [0.25, 0.3) is 0 Å². The molecule has 19 heavy (non-hydrogen) atoms. The Bertz CT molecular complexity index is 514. The van der Waals surface area contributed by atoms with Gasteiger partial charge in [0.2, 0.25) is 10.0 Å². The molecule has 0 amide bonds. The van der Waals surface area contributed by atoms with Crippen molar-refractivity contribution < 1.29 is 8.42 Å². The van der Waals surface area contributed by atoms with Crippen LogP contribution in [0.5, 0.6) is 0 Å². The van der Waals surface area contributed by atoms with E-state index in [4.69, 9.17) is 5.14 Å². The molecule has 6 heteroatoms. The molecule has 4 nitrogen and oxygen atoms in total. The third kappa shape index (κ3) is 4.12. The Morgan fingerprint density at radius 2 is 2.00 bits per heavy atom. The van der Waals surface area contributed by atoms with E-state index >= 15 is 0 Å². The largest absolute Gasteiger partial charge is 0.382 e. The zero-order chi connectivity index (χ0) is 13.9. The molecule has 0 spiro atoms. The normalized spacial score (nSPS) is 23.5. The molecule has 0 bridgehead atoms. The Morgan fingerprint density at radius 3 is 2.58 bits per heavy atom. The number of rotatable bonds is 5. The molecule has 1 aromatic carbocycles. The predicted octanol–water partition coefficient (Wildman–Crippen LogP) is 2.42. The highest BCUT2D eigenvalue weighted by molar-refractivity contribution is 7.99. The van der Waals surface area contributed by atoms with Crippen LogP contribution in [0.2, 0.25) is 0 Å². The molecule has 1 saturated carbocycles. The highest BCUT2D eigenvalue weighted by Gasteiger charge is 2.24. The fraction of sp³-hybridized carbons (Fsp3) is 0.538. The summed E-state index contributed by atoms with van der Waals surface area (Å²) in [4.78, 5) is 0.156. The number of hydrogen-bond acceptors (Lipinski definition) is 4. The van der Waals surface area contributed by atoms with E-state index in [1.165, 1.54) is 25.0 Å². The van der Waals surface area contributed by atoms with Crippen molar-refractivity contribution in [2.75, 3.05) is 11.1 Å². The summed E-state index contributed by atoms with van der Waals surface area (Å²) in [5, 5.41) is 9.29. The van der Waals surface area contributed by atoms with E-state index in [1.807, 2.05) is 11.8 Å². The fourth-order valence-corrected chi connectivity index (χ4v) is 4.09. The van der Waals surface area contributed by atoms with Crippen LogP contribution < -0.4 is 10.5 Å². The van der Waals surface area contributed by atoms with Gasteiger partial charge in [0, 0.05) is 17.0 Å². The average molecular weight is 300 g/mol. The molecule has 2 unspecified atom stereocenters. The van der Waals surface area contributed by atoms with E-state index in [0.29, 0.717) is 6.04 Å². The first-order valence-electron chi connectivity index (χ1n) is 6.50. The van der Waals surface area contributed by atoms with Crippen molar-refractivity contribution >= 4 is 27.5 Å². The third-order valence-electron chi connectivity index (χ3n) is 3.34. The van der Waals surface area contributed by atoms with Crippen LogP contribution in [0.15, 0.2) is 29.2 Å². The highest BCUT2D eigenvalue weighted by atomic mass is 32.2. The standard InChI is InChI=1S/C13H20N2O2S2/c1-2-18-12-6-3-11(9-12)15-10-4-7-13(8-5-10)19(14,16)17/h4-5,7-8,11-12,15H,2-3,6,9H2,1H3,(H2,14,16,17). The predicted molar refractivity (Wildman–Crippen MR) is 81.0 cm³/mol. The summed E-state index contributed by atoms with van der Waals surface area (Å²) < 4.78 is 22.3. The van der Waals surface area contributed by atoms with Gasteiger partial charge in [-0.3, -0.25) is 0 Å². The molecular weight excluding hydrogens is 280 g/mol. The van der Waals surface area contributed by atoms with Crippen LogP contribution in [0, 0.1) is 0 Å². The fourth-order valence-electron chi connectivity index (χ4n) is 2.43. The summed E-state index contributed by atoms with van der Waals surface area (Å²) in [5.74, 6) is 1.17. The highest BCUT2D eigenvalue weighted by Crippen LogP contribution is 2.31. The number of primary sulfonamides is 1. The summed E-state index contributed by atoms with van der Waals surface area (Å²) in [5.41, 5.74) is 0.958. The Labute approximate surface area is 119 Å². The van der Waals surface area contributed by atoms with Crippen molar-refractivity contribution in [2.24, 2.45) is 5.14 Å². The smallest absolute Gasteiger partial charge is 0.238 e. The van der Waals surface area contributed by atoms with Crippen LogP contribution >= 0.6 is 11.8 Å². The van der Waals surface area contributed by atoms with E-state index in [2.05, 4.69) is 12.2 Å². The molecule has 0 heterocycles. The van der Waals surface area contributed by atoms with Crippen LogP contribution in [0.3, 0.4) is 0 Å². The number of hydrogen-bond donors (Lipinski definition) is 2. The quantitative estimate of drug-likeness (QED) is 0.876. The number of nitrogens with two attached hydrogens (primary N) is 1. The number of nitrogens with one attached hydrogen (secondary N) is 1. The molecule has 2 rings (SSSR count). The molecule has 0 radical (unpaired) electrons. The van der Waals surface area contributed by atoms with Gasteiger partial charge < -0.3 is 5.32 Å². The maximum Gasteiger partial charge on any atom is 0.238 e. The summed E-state index contributed by atoms with van der Waals surface area (Å²) in [6.07, 6.45) is 3.61. The second-order valence-electron chi connectivity index (χ2n) is 4.80. The number of anilines is 1. The minimum Gasteiger partial charge on any atom is -0.382 e. The van der Waals surface area contributed by atoms with Gasteiger partial charge in [0.1, 0.15) is 0 Å². The van der Waals surface area contributed by atoms with E-state index in [9.17, 15) is 8.42 Å². The lowest BCUT2D eigenvalue weighted by molar-refractivity contribution is 0.598.